The van der Waals surface area contributed by atoms with E-state index in [0.717, 1.165) is 37.2 Å². The van der Waals surface area contributed by atoms with Crippen molar-refractivity contribution in [3.8, 4) is 17.3 Å². The quantitative estimate of drug-likeness (QED) is 0.666. The number of nitriles is 1. The van der Waals surface area contributed by atoms with Crippen LogP contribution in [0.5, 0.6) is 0 Å². The SMILES string of the molecule is N#Cc1c(-c2ccccc2)nc(SCC2CCNCC2)[nH]c1=O. The summed E-state index contributed by atoms with van der Waals surface area (Å²) in [5.74, 6) is 1.58. The molecule has 5 nitrogen and oxygen atoms in total. The topological polar surface area (TPSA) is 81.6 Å². The number of piperidine rings is 1. The van der Waals surface area contributed by atoms with Gasteiger partial charge in [0, 0.05) is 11.3 Å². The Hall–Kier alpha value is -2.10. The molecule has 1 aliphatic rings. The van der Waals surface area contributed by atoms with Crippen LogP contribution in [0.3, 0.4) is 0 Å². The largest absolute Gasteiger partial charge is 0.317 e. The van der Waals surface area contributed by atoms with E-state index in [4.69, 9.17) is 0 Å². The second-order valence-corrected chi connectivity index (χ2v) is 6.59. The molecule has 3 rings (SSSR count). The van der Waals surface area contributed by atoms with Crippen molar-refractivity contribution < 1.29 is 0 Å². The summed E-state index contributed by atoms with van der Waals surface area (Å²) in [5.41, 5.74) is 0.958. The van der Waals surface area contributed by atoms with E-state index in [2.05, 4.69) is 15.3 Å². The molecule has 0 aliphatic carbocycles. The van der Waals surface area contributed by atoms with Gasteiger partial charge in [-0.2, -0.15) is 5.26 Å². The van der Waals surface area contributed by atoms with Crippen LogP contribution in [0.1, 0.15) is 18.4 Å². The van der Waals surface area contributed by atoms with Crippen molar-refractivity contribution in [1.82, 2.24) is 15.3 Å². The average Bonchev–Trinajstić information content (AvgIpc) is 2.61. The summed E-state index contributed by atoms with van der Waals surface area (Å²) in [6, 6.07) is 11.4. The monoisotopic (exact) mass is 326 g/mol. The van der Waals surface area contributed by atoms with Gasteiger partial charge in [0.25, 0.3) is 5.56 Å². The number of rotatable bonds is 4. The molecule has 0 saturated carbocycles. The van der Waals surface area contributed by atoms with E-state index >= 15 is 0 Å². The Morgan fingerprint density at radius 2 is 2.00 bits per heavy atom. The van der Waals surface area contributed by atoms with Crippen molar-refractivity contribution >= 4 is 11.8 Å². The minimum atomic E-state index is -0.367. The molecule has 0 bridgehead atoms. The third-order valence-corrected chi connectivity index (χ3v) is 5.08. The van der Waals surface area contributed by atoms with E-state index in [-0.39, 0.29) is 11.1 Å². The van der Waals surface area contributed by atoms with Gasteiger partial charge in [0.2, 0.25) is 0 Å². The molecule has 0 spiro atoms. The van der Waals surface area contributed by atoms with Gasteiger partial charge in [-0.15, -0.1) is 0 Å². The second-order valence-electron chi connectivity index (χ2n) is 5.58. The first-order chi connectivity index (χ1) is 11.3. The van der Waals surface area contributed by atoms with E-state index in [0.29, 0.717) is 16.8 Å². The zero-order valence-corrected chi connectivity index (χ0v) is 13.5. The van der Waals surface area contributed by atoms with Gasteiger partial charge in [0.05, 0.1) is 5.69 Å². The minimum absolute atomic E-state index is 0.0717. The van der Waals surface area contributed by atoms with Crippen LogP contribution in [0.15, 0.2) is 40.3 Å². The Labute approximate surface area is 139 Å². The first kappa shape index (κ1) is 15.8. The number of aromatic nitrogens is 2. The van der Waals surface area contributed by atoms with Crippen LogP contribution in [-0.2, 0) is 0 Å². The van der Waals surface area contributed by atoms with Crippen molar-refractivity contribution in [3.05, 3.63) is 46.2 Å². The molecule has 1 aromatic carbocycles. The molecule has 2 N–H and O–H groups in total. The highest BCUT2D eigenvalue weighted by molar-refractivity contribution is 7.99. The predicted octanol–water partition coefficient (Wildman–Crippen LogP) is 2.40. The van der Waals surface area contributed by atoms with Gasteiger partial charge in [-0.05, 0) is 31.8 Å². The standard InChI is InChI=1S/C17H18N4OS/c18-10-14-15(13-4-2-1-3-5-13)20-17(21-16(14)22)23-11-12-6-8-19-9-7-12/h1-5,12,19H,6-9,11H2,(H,20,21,22). The number of hydrogen-bond acceptors (Lipinski definition) is 5. The van der Waals surface area contributed by atoms with Crippen LogP contribution in [0.25, 0.3) is 11.3 Å². The number of hydrogen-bond donors (Lipinski definition) is 2. The molecule has 6 heteroatoms. The van der Waals surface area contributed by atoms with E-state index in [1.54, 1.807) is 11.8 Å². The van der Waals surface area contributed by atoms with Gasteiger partial charge in [-0.3, -0.25) is 4.79 Å². The minimum Gasteiger partial charge on any atom is -0.317 e. The summed E-state index contributed by atoms with van der Waals surface area (Å²) in [5, 5.41) is 13.2. The maximum Gasteiger partial charge on any atom is 0.270 e. The Bertz CT molecular complexity index is 760. The fraction of sp³-hybridized carbons (Fsp3) is 0.353. The number of nitrogens with one attached hydrogen (secondary N) is 2. The zero-order valence-electron chi connectivity index (χ0n) is 12.7. The molecule has 1 aromatic heterocycles. The fourth-order valence-electron chi connectivity index (χ4n) is 2.67. The highest BCUT2D eigenvalue weighted by atomic mass is 32.2. The van der Waals surface area contributed by atoms with Gasteiger partial charge in [-0.1, -0.05) is 42.1 Å². The van der Waals surface area contributed by atoms with Crippen LogP contribution in [0.2, 0.25) is 0 Å². The normalized spacial score (nSPS) is 15.3. The summed E-state index contributed by atoms with van der Waals surface area (Å²) in [6.45, 7) is 2.11. The number of aromatic amines is 1. The van der Waals surface area contributed by atoms with Crippen LogP contribution < -0.4 is 10.9 Å². The van der Waals surface area contributed by atoms with E-state index in [1.165, 1.54) is 0 Å². The fourth-order valence-corrected chi connectivity index (χ4v) is 3.72. The predicted molar refractivity (Wildman–Crippen MR) is 91.3 cm³/mol. The first-order valence-electron chi connectivity index (χ1n) is 7.71. The van der Waals surface area contributed by atoms with Crippen molar-refractivity contribution in [2.45, 2.75) is 18.0 Å². The summed E-state index contributed by atoms with van der Waals surface area (Å²) < 4.78 is 0. The number of thioether (sulfide) groups is 1. The molecule has 1 fully saturated rings. The molecule has 0 amide bonds. The molecular weight excluding hydrogens is 308 g/mol. The third kappa shape index (κ3) is 3.81. The van der Waals surface area contributed by atoms with Crippen molar-refractivity contribution in [1.29, 1.82) is 5.26 Å². The highest BCUT2D eigenvalue weighted by Crippen LogP contribution is 2.25. The summed E-state index contributed by atoms with van der Waals surface area (Å²) in [6.07, 6.45) is 2.30. The molecule has 0 radical (unpaired) electrons. The van der Waals surface area contributed by atoms with Gasteiger partial charge in [0.15, 0.2) is 5.16 Å². The Balaban J connectivity index is 1.86. The molecule has 1 saturated heterocycles. The van der Waals surface area contributed by atoms with Gasteiger partial charge in [0.1, 0.15) is 11.6 Å². The van der Waals surface area contributed by atoms with E-state index in [1.807, 2.05) is 36.4 Å². The van der Waals surface area contributed by atoms with Crippen LogP contribution in [-0.4, -0.2) is 28.8 Å². The summed E-state index contributed by atoms with van der Waals surface area (Å²) in [4.78, 5) is 19.4. The highest BCUT2D eigenvalue weighted by Gasteiger charge is 2.16. The third-order valence-electron chi connectivity index (χ3n) is 3.97. The van der Waals surface area contributed by atoms with Gasteiger partial charge in [-0.25, -0.2) is 4.98 Å². The second kappa shape index (κ2) is 7.44. The molecule has 0 unspecified atom stereocenters. The van der Waals surface area contributed by atoms with E-state index in [9.17, 15) is 10.1 Å². The summed E-state index contributed by atoms with van der Waals surface area (Å²) in [7, 11) is 0. The molecule has 118 valence electrons. The number of nitrogens with zero attached hydrogens (tertiary/aromatic N) is 2. The first-order valence-corrected chi connectivity index (χ1v) is 8.70. The molecule has 0 atom stereocenters. The molecule has 2 heterocycles. The smallest absolute Gasteiger partial charge is 0.270 e. The lowest BCUT2D eigenvalue weighted by Gasteiger charge is -2.21. The molecule has 23 heavy (non-hydrogen) atoms. The van der Waals surface area contributed by atoms with Gasteiger partial charge < -0.3 is 10.3 Å². The maximum absolute atomic E-state index is 12.2. The number of H-pyrrole nitrogens is 1. The number of benzene rings is 1. The Morgan fingerprint density at radius 3 is 2.70 bits per heavy atom. The maximum atomic E-state index is 12.2. The van der Waals surface area contributed by atoms with E-state index < -0.39 is 0 Å². The van der Waals surface area contributed by atoms with Crippen LogP contribution >= 0.6 is 11.8 Å². The zero-order chi connectivity index (χ0) is 16.1. The van der Waals surface area contributed by atoms with Crippen molar-refractivity contribution in [3.63, 3.8) is 0 Å². The van der Waals surface area contributed by atoms with Gasteiger partial charge >= 0.3 is 0 Å². The lowest BCUT2D eigenvalue weighted by atomic mass is 10.0. The Morgan fingerprint density at radius 1 is 1.26 bits per heavy atom. The Kier molecular flexibility index (Phi) is 5.11. The van der Waals surface area contributed by atoms with Crippen molar-refractivity contribution in [2.75, 3.05) is 18.8 Å². The lowest BCUT2D eigenvalue weighted by molar-refractivity contribution is 0.407. The molecule has 1 aliphatic heterocycles. The van der Waals surface area contributed by atoms with Crippen LogP contribution in [0, 0.1) is 17.2 Å². The summed E-state index contributed by atoms with van der Waals surface area (Å²) >= 11 is 1.57. The van der Waals surface area contributed by atoms with Crippen LogP contribution in [0.4, 0.5) is 0 Å². The molecule has 2 aromatic rings. The average molecular weight is 326 g/mol. The van der Waals surface area contributed by atoms with Crippen molar-refractivity contribution in [2.24, 2.45) is 5.92 Å². The molecular formula is C17H18N4OS. The lowest BCUT2D eigenvalue weighted by Crippen LogP contribution is -2.28.